The Morgan fingerprint density at radius 3 is 2.51 bits per heavy atom. The summed E-state index contributed by atoms with van der Waals surface area (Å²) in [5.41, 5.74) is 0.205. The molecule has 0 amide bonds. The summed E-state index contributed by atoms with van der Waals surface area (Å²) in [5, 5.41) is 10.2. The molecule has 1 aromatic heterocycles. The Morgan fingerprint density at radius 1 is 1.13 bits per heavy atom. The molecule has 1 fully saturated rings. The number of nitrogens with one attached hydrogen (secondary N) is 1. The van der Waals surface area contributed by atoms with Gasteiger partial charge in [-0.1, -0.05) is 38.7 Å². The van der Waals surface area contributed by atoms with E-state index in [9.17, 15) is 17.6 Å². The second-order valence-electron chi connectivity index (χ2n) is 9.89. The highest BCUT2D eigenvalue weighted by atomic mass is 32.2. The molecule has 1 aliphatic carbocycles. The van der Waals surface area contributed by atoms with E-state index in [1.165, 1.54) is 44.2 Å². The second-order valence-corrected chi connectivity index (χ2v) is 12.4. The topological polar surface area (TPSA) is 106 Å². The lowest BCUT2D eigenvalue weighted by atomic mass is 9.77. The number of methoxy groups -OCH3 is 1. The fraction of sp³-hybridized carbons (Fsp3) is 0.429. The van der Waals surface area contributed by atoms with E-state index in [0.717, 1.165) is 60.6 Å². The van der Waals surface area contributed by atoms with Gasteiger partial charge < -0.3 is 9.84 Å². The first-order valence-corrected chi connectivity index (χ1v) is 15.4. The van der Waals surface area contributed by atoms with Crippen LogP contribution in [0.15, 0.2) is 40.7 Å². The number of hydrogen-bond donors (Lipinski definition) is 2. The summed E-state index contributed by atoms with van der Waals surface area (Å²) >= 11 is 0.972. The highest BCUT2D eigenvalue weighted by molar-refractivity contribution is 7.92. The summed E-state index contributed by atoms with van der Waals surface area (Å²) in [7, 11) is -3.10. The molecule has 3 aromatic rings. The van der Waals surface area contributed by atoms with Gasteiger partial charge in [0.25, 0.3) is 10.0 Å². The van der Waals surface area contributed by atoms with Crippen molar-refractivity contribution in [1.29, 1.82) is 0 Å². The van der Waals surface area contributed by atoms with Crippen LogP contribution in [0.3, 0.4) is 0 Å². The highest BCUT2D eigenvalue weighted by Crippen LogP contribution is 2.39. The maximum absolute atomic E-state index is 15.2. The van der Waals surface area contributed by atoms with Gasteiger partial charge in [0.05, 0.1) is 18.4 Å². The predicted molar refractivity (Wildman–Crippen MR) is 147 cm³/mol. The summed E-state index contributed by atoms with van der Waals surface area (Å²) in [6, 6.07) is 6.68. The van der Waals surface area contributed by atoms with Crippen LogP contribution >= 0.6 is 11.3 Å². The largest absolute Gasteiger partial charge is 0.495 e. The van der Waals surface area contributed by atoms with Crippen LogP contribution < -0.4 is 9.46 Å². The van der Waals surface area contributed by atoms with E-state index in [1.807, 2.05) is 6.07 Å². The number of anilines is 1. The zero-order valence-corrected chi connectivity index (χ0v) is 23.5. The maximum Gasteiger partial charge on any atom is 0.338 e. The number of hydrogen-bond acceptors (Lipinski definition) is 6. The minimum Gasteiger partial charge on any atom is -0.495 e. The van der Waals surface area contributed by atoms with Gasteiger partial charge in [-0.15, -0.1) is 11.3 Å². The number of halogens is 2. The molecule has 0 unspecified atom stereocenters. The van der Waals surface area contributed by atoms with Gasteiger partial charge in [-0.25, -0.2) is 18.6 Å². The van der Waals surface area contributed by atoms with Crippen LogP contribution in [-0.2, 0) is 10.0 Å². The SMILES string of the molecule is CCCCC[C@H]1CC[C@H](c2ccc(-c3nc(S(=O)(=O)Nc4cc(F)c(C(=O)O)cc4OC)cs3)c(F)c2)CC1. The molecular weight excluding hydrogens is 546 g/mol. The molecule has 0 atom stereocenters. The van der Waals surface area contributed by atoms with Crippen molar-refractivity contribution in [2.24, 2.45) is 5.92 Å². The Balaban J connectivity index is 1.47. The molecule has 0 radical (unpaired) electrons. The lowest BCUT2D eigenvalue weighted by Gasteiger charge is -2.29. The van der Waals surface area contributed by atoms with Crippen molar-refractivity contribution in [3.8, 4) is 16.3 Å². The first kappa shape index (κ1) is 28.9. The second kappa shape index (κ2) is 12.4. The van der Waals surface area contributed by atoms with Crippen molar-refractivity contribution >= 4 is 33.0 Å². The molecule has 2 N–H and O–H groups in total. The number of carboxylic acids is 1. The van der Waals surface area contributed by atoms with Gasteiger partial charge in [-0.05, 0) is 61.3 Å². The Bertz CT molecular complexity index is 1430. The van der Waals surface area contributed by atoms with Crippen LogP contribution in [0.1, 0.15) is 80.1 Å². The number of carbonyl (C=O) groups is 1. The molecule has 1 heterocycles. The van der Waals surface area contributed by atoms with Crippen LogP contribution in [0.25, 0.3) is 10.6 Å². The van der Waals surface area contributed by atoms with Crippen LogP contribution in [0, 0.1) is 17.6 Å². The summed E-state index contributed by atoms with van der Waals surface area (Å²) in [4.78, 5) is 15.3. The number of benzene rings is 2. The number of aromatic nitrogens is 1. The molecule has 2 aromatic carbocycles. The fourth-order valence-electron chi connectivity index (χ4n) is 5.10. The smallest absolute Gasteiger partial charge is 0.338 e. The molecule has 11 heteroatoms. The first-order valence-electron chi connectivity index (χ1n) is 13.0. The number of unbranched alkanes of at least 4 members (excludes halogenated alkanes) is 2. The van der Waals surface area contributed by atoms with Gasteiger partial charge in [-0.2, -0.15) is 8.42 Å². The number of aromatic carboxylic acids is 1. The molecule has 1 aliphatic rings. The van der Waals surface area contributed by atoms with E-state index < -0.39 is 33.2 Å². The van der Waals surface area contributed by atoms with Crippen LogP contribution in [0.4, 0.5) is 14.5 Å². The Labute approximate surface area is 231 Å². The van der Waals surface area contributed by atoms with Crippen molar-refractivity contribution in [2.45, 2.75) is 69.2 Å². The third kappa shape index (κ3) is 6.75. The van der Waals surface area contributed by atoms with E-state index in [0.29, 0.717) is 5.92 Å². The lowest BCUT2D eigenvalue weighted by molar-refractivity contribution is 0.0691. The molecular formula is C28H32F2N2O5S2. The molecule has 0 bridgehead atoms. The van der Waals surface area contributed by atoms with Crippen molar-refractivity contribution in [3.63, 3.8) is 0 Å². The molecule has 0 spiro atoms. The van der Waals surface area contributed by atoms with Crippen LogP contribution in [0.2, 0.25) is 0 Å². The third-order valence-corrected chi connectivity index (χ3v) is 9.55. The van der Waals surface area contributed by atoms with Crippen molar-refractivity contribution in [3.05, 3.63) is 58.5 Å². The summed E-state index contributed by atoms with van der Waals surface area (Å²) < 4.78 is 62.4. The average molecular weight is 579 g/mol. The minimum absolute atomic E-state index is 0.176. The zero-order chi connectivity index (χ0) is 28.2. The zero-order valence-electron chi connectivity index (χ0n) is 21.9. The van der Waals surface area contributed by atoms with Gasteiger partial charge >= 0.3 is 5.97 Å². The van der Waals surface area contributed by atoms with Crippen molar-refractivity contribution < 1.29 is 31.8 Å². The number of ether oxygens (including phenoxy) is 1. The molecule has 0 aliphatic heterocycles. The van der Waals surface area contributed by atoms with E-state index in [-0.39, 0.29) is 27.0 Å². The van der Waals surface area contributed by atoms with E-state index in [2.05, 4.69) is 16.6 Å². The number of sulfonamides is 1. The van der Waals surface area contributed by atoms with Gasteiger partial charge in [0, 0.05) is 17.0 Å². The monoisotopic (exact) mass is 578 g/mol. The standard InChI is InChI=1S/C28H32F2N2O5S2/c1-3-4-5-6-17-7-9-18(10-8-17)19-11-12-20(22(29)13-19)27-31-26(16-38-27)39(35,36)32-24-15-23(30)21(28(33)34)14-25(24)37-2/h11-18,32H,3-10H2,1-2H3,(H,33,34)/t17-,18-. The van der Waals surface area contributed by atoms with E-state index in [4.69, 9.17) is 9.84 Å². The average Bonchev–Trinajstić information content (AvgIpc) is 3.40. The fourth-order valence-corrected chi connectivity index (χ4v) is 7.28. The van der Waals surface area contributed by atoms with Crippen molar-refractivity contribution in [1.82, 2.24) is 4.98 Å². The number of thiazole rings is 1. The van der Waals surface area contributed by atoms with Gasteiger partial charge in [0.1, 0.15) is 22.4 Å². The van der Waals surface area contributed by atoms with E-state index >= 15 is 4.39 Å². The minimum atomic E-state index is -4.30. The summed E-state index contributed by atoms with van der Waals surface area (Å²) in [6.45, 7) is 2.21. The highest BCUT2D eigenvalue weighted by Gasteiger charge is 2.26. The quantitative estimate of drug-likeness (QED) is 0.229. The van der Waals surface area contributed by atoms with Gasteiger partial charge in [-0.3, -0.25) is 4.72 Å². The van der Waals surface area contributed by atoms with E-state index in [1.54, 1.807) is 6.07 Å². The Hall–Kier alpha value is -3.05. The molecule has 7 nitrogen and oxygen atoms in total. The van der Waals surface area contributed by atoms with Crippen molar-refractivity contribution in [2.75, 3.05) is 11.8 Å². The maximum atomic E-state index is 15.2. The predicted octanol–water partition coefficient (Wildman–Crippen LogP) is 7.45. The lowest BCUT2D eigenvalue weighted by Crippen LogP contribution is -2.15. The summed E-state index contributed by atoms with van der Waals surface area (Å²) in [6.07, 6.45) is 9.44. The van der Waals surface area contributed by atoms with Crippen LogP contribution in [0.5, 0.6) is 5.75 Å². The molecule has 210 valence electrons. The Morgan fingerprint density at radius 2 is 1.87 bits per heavy atom. The van der Waals surface area contributed by atoms with Gasteiger partial charge in [0.2, 0.25) is 0 Å². The number of carboxylic acid groups (broad SMARTS) is 1. The Kier molecular flexibility index (Phi) is 9.22. The van der Waals surface area contributed by atoms with Crippen LogP contribution in [-0.4, -0.2) is 31.6 Å². The normalized spacial score (nSPS) is 17.6. The number of nitrogens with zero attached hydrogens (tertiary/aromatic N) is 1. The molecule has 1 saturated carbocycles. The molecule has 39 heavy (non-hydrogen) atoms. The summed E-state index contributed by atoms with van der Waals surface area (Å²) in [5.74, 6) is -2.22. The molecule has 4 rings (SSSR count). The number of rotatable bonds is 11. The third-order valence-electron chi connectivity index (χ3n) is 7.28. The molecule has 0 saturated heterocycles. The first-order chi connectivity index (χ1) is 18.6. The van der Waals surface area contributed by atoms with Gasteiger partial charge in [0.15, 0.2) is 5.03 Å².